The molecule has 3 aromatic carbocycles. The fourth-order valence-corrected chi connectivity index (χ4v) is 16.0. The molecular formula is C90H97N19O10. The third-order valence-electron chi connectivity index (χ3n) is 22.6. The maximum atomic E-state index is 13.1. The van der Waals surface area contributed by atoms with E-state index < -0.39 is 0 Å². The van der Waals surface area contributed by atoms with Crippen molar-refractivity contribution in [2.45, 2.75) is 72.8 Å². The Morgan fingerprint density at radius 3 is 1.78 bits per heavy atom. The number of aromatic nitrogens is 13. The molecular weight excluding hydrogens is 1510 g/mol. The summed E-state index contributed by atoms with van der Waals surface area (Å²) in [6, 6.07) is 33.8. The molecule has 29 heteroatoms. The van der Waals surface area contributed by atoms with E-state index in [0.29, 0.717) is 91.6 Å². The van der Waals surface area contributed by atoms with Crippen LogP contribution >= 0.6 is 0 Å². The smallest absolute Gasteiger partial charge is 0.258 e. The van der Waals surface area contributed by atoms with Gasteiger partial charge in [0.15, 0.2) is 40.1 Å². The predicted octanol–water partition coefficient (Wildman–Crippen LogP) is 10.7. The average Bonchev–Trinajstić information content (AvgIpc) is 1.15. The lowest BCUT2D eigenvalue weighted by Gasteiger charge is -2.40. The van der Waals surface area contributed by atoms with Gasteiger partial charge in [0.2, 0.25) is 0 Å². The van der Waals surface area contributed by atoms with Crippen molar-refractivity contribution in [2.24, 2.45) is 0 Å². The molecule has 5 aliphatic rings. The molecule has 0 bridgehead atoms. The molecule has 0 spiro atoms. The standard InChI is InChI=1S/C26H32N4O4.C25H29N3O3.C20H17N5O2.C19H19N7O/c1-18-14-21(28-8-6-20(7-9-28)29-10-12-34-13-11-29)17-30-25(31)16-22(27-26(18)30)19-4-5-23(32-2)24(15-19)33-3;1-5-17-13-20(18-9-11-27(6-2)12-10-18)16-28-24(29)15-21(26-25(17)28)19-7-8-22(30-3)23(14-19)31-4;1-12-23-15-3-2-14(8-18(15)27-12)16-9-20(26)25-11-17(22-10-19(25)24-16)13-4-6-21-7-5-13;1-13-11-26-15(10-21-13)8-17(23-26)16-9-19(27)25-12-14(2-3-18(25)22-16)24-6-4-20-5-7-24/h4-5,14-17,20H,6-13H2,1-3H3;7-9,13-16H,5-6,10-12H2,1-4H3;2-4,8-11,21H,5-7H2,1H3;2-3,8-12,20H,4-7H2,1H3. The molecule has 29 nitrogen and oxygen atoms in total. The van der Waals surface area contributed by atoms with Gasteiger partial charge in [0.05, 0.1) is 111 Å². The van der Waals surface area contributed by atoms with E-state index in [1.165, 1.54) is 17.7 Å². The van der Waals surface area contributed by atoms with Gasteiger partial charge >= 0.3 is 0 Å². The topological polar surface area (TPSA) is 290 Å². The van der Waals surface area contributed by atoms with Crippen LogP contribution in [-0.4, -0.2) is 205 Å². The normalized spacial score (nSPS) is 15.6. The number of ether oxygens (including phenoxy) is 5. The molecule has 0 unspecified atom stereocenters. The van der Waals surface area contributed by atoms with Gasteiger partial charge in [-0.3, -0.25) is 56.5 Å². The average molecular weight is 1600 g/mol. The van der Waals surface area contributed by atoms with E-state index >= 15 is 0 Å². The van der Waals surface area contributed by atoms with Gasteiger partial charge < -0.3 is 48.5 Å². The molecule has 0 atom stereocenters. The quantitative estimate of drug-likeness (QED) is 0.0964. The molecule has 0 saturated carbocycles. The van der Waals surface area contributed by atoms with Crippen LogP contribution in [0, 0.1) is 20.8 Å². The number of piperidine rings is 1. The Hall–Kier alpha value is -12.8. The molecule has 612 valence electrons. The van der Waals surface area contributed by atoms with Crippen molar-refractivity contribution in [2.75, 3.05) is 137 Å². The summed E-state index contributed by atoms with van der Waals surface area (Å²) in [6.45, 7) is 24.3. The molecule has 119 heavy (non-hydrogen) atoms. The van der Waals surface area contributed by atoms with Crippen LogP contribution in [0.15, 0.2) is 188 Å². The predicted molar refractivity (Wildman–Crippen MR) is 462 cm³/mol. The van der Waals surface area contributed by atoms with Gasteiger partial charge in [-0.2, -0.15) is 5.10 Å². The fraction of sp³-hybridized carbons (Fsp3) is 0.333. The van der Waals surface area contributed by atoms with Gasteiger partial charge in [-0.05, 0) is 166 Å². The Bertz CT molecular complexity index is 6440. The summed E-state index contributed by atoms with van der Waals surface area (Å²) < 4.78 is 40.8. The number of nitrogens with zero attached hydrogens (tertiary/aromatic N) is 17. The van der Waals surface area contributed by atoms with E-state index in [4.69, 9.17) is 38.1 Å². The minimum Gasteiger partial charge on any atom is -0.493 e. The van der Waals surface area contributed by atoms with E-state index in [9.17, 15) is 19.2 Å². The molecule has 16 heterocycles. The Balaban J connectivity index is 0.000000119. The van der Waals surface area contributed by atoms with Crippen LogP contribution in [0.3, 0.4) is 0 Å². The summed E-state index contributed by atoms with van der Waals surface area (Å²) in [4.78, 5) is 93.3. The third-order valence-corrected chi connectivity index (χ3v) is 22.6. The first-order valence-electron chi connectivity index (χ1n) is 40.5. The number of fused-ring (bicyclic) bond motifs is 6. The summed E-state index contributed by atoms with van der Waals surface area (Å²) in [7, 11) is 6.40. The Labute approximate surface area is 686 Å². The van der Waals surface area contributed by atoms with Crippen molar-refractivity contribution in [1.82, 2.24) is 82.5 Å². The maximum Gasteiger partial charge on any atom is 0.258 e. The molecule has 3 saturated heterocycles. The first kappa shape index (κ1) is 80.0. The minimum atomic E-state index is -0.137. The van der Waals surface area contributed by atoms with Gasteiger partial charge in [0, 0.05) is 151 Å². The van der Waals surface area contributed by atoms with E-state index in [1.54, 1.807) is 88.2 Å². The van der Waals surface area contributed by atoms with E-state index in [2.05, 4.69) is 98.4 Å². The number of aryl methyl sites for hydroxylation is 4. The lowest BCUT2D eigenvalue weighted by atomic mass is 9.99. The van der Waals surface area contributed by atoms with E-state index in [-0.39, 0.29) is 22.2 Å². The van der Waals surface area contributed by atoms with Crippen molar-refractivity contribution in [1.29, 1.82) is 0 Å². The lowest BCUT2D eigenvalue weighted by molar-refractivity contribution is 0.0115. The first-order valence-corrected chi connectivity index (χ1v) is 40.5. The van der Waals surface area contributed by atoms with Crippen molar-refractivity contribution in [3.8, 4) is 68.2 Å². The van der Waals surface area contributed by atoms with Crippen LogP contribution in [-0.2, 0) is 11.2 Å². The second-order valence-corrected chi connectivity index (χ2v) is 30.1. The number of anilines is 2. The molecule has 14 aromatic rings. The zero-order valence-electron chi connectivity index (χ0n) is 68.5. The molecule has 2 N–H and O–H groups in total. The van der Waals surface area contributed by atoms with Crippen LogP contribution in [0.5, 0.6) is 23.0 Å². The van der Waals surface area contributed by atoms with Crippen LogP contribution in [0.4, 0.5) is 11.4 Å². The molecule has 5 aliphatic heterocycles. The number of benzene rings is 3. The molecule has 0 aliphatic carbocycles. The summed E-state index contributed by atoms with van der Waals surface area (Å²) in [5.41, 5.74) is 19.3. The van der Waals surface area contributed by atoms with E-state index in [1.807, 2.05) is 111 Å². The molecule has 0 radical (unpaired) electrons. The zero-order valence-corrected chi connectivity index (χ0v) is 68.5. The maximum absolute atomic E-state index is 13.1. The van der Waals surface area contributed by atoms with Gasteiger partial charge in [-0.1, -0.05) is 32.1 Å². The van der Waals surface area contributed by atoms with E-state index in [0.717, 1.165) is 203 Å². The van der Waals surface area contributed by atoms with Crippen LogP contribution in [0.2, 0.25) is 0 Å². The van der Waals surface area contributed by atoms with Gasteiger partial charge in [0.1, 0.15) is 28.2 Å². The van der Waals surface area contributed by atoms with Crippen LogP contribution < -0.4 is 61.6 Å². The first-order chi connectivity index (χ1) is 58.0. The van der Waals surface area contributed by atoms with Crippen molar-refractivity contribution < 1.29 is 28.1 Å². The van der Waals surface area contributed by atoms with Crippen LogP contribution in [0.25, 0.3) is 95.5 Å². The number of hydrogen-bond acceptors (Lipinski definition) is 24. The van der Waals surface area contributed by atoms with Gasteiger partial charge in [-0.25, -0.2) is 29.4 Å². The van der Waals surface area contributed by atoms with Crippen LogP contribution in [0.1, 0.15) is 73.5 Å². The highest BCUT2D eigenvalue weighted by Crippen LogP contribution is 2.36. The fourth-order valence-electron chi connectivity index (χ4n) is 16.0. The summed E-state index contributed by atoms with van der Waals surface area (Å²) in [5.74, 6) is 3.11. The Morgan fingerprint density at radius 1 is 0.487 bits per heavy atom. The molecule has 19 rings (SSSR count). The van der Waals surface area contributed by atoms with Crippen molar-refractivity contribution in [3.63, 3.8) is 0 Å². The molecule has 11 aromatic heterocycles. The van der Waals surface area contributed by atoms with Gasteiger partial charge in [0.25, 0.3) is 22.2 Å². The summed E-state index contributed by atoms with van der Waals surface area (Å²) in [6.07, 6.45) is 22.1. The number of pyridine rings is 3. The number of morpholine rings is 1. The molecule has 0 amide bonds. The highest BCUT2D eigenvalue weighted by atomic mass is 16.5. The van der Waals surface area contributed by atoms with Gasteiger partial charge in [-0.15, -0.1) is 0 Å². The number of hydrogen-bond donors (Lipinski definition) is 2. The number of nitrogens with one attached hydrogen (secondary N) is 2. The molecule has 3 fully saturated rings. The number of rotatable bonds is 15. The third kappa shape index (κ3) is 17.5. The minimum absolute atomic E-state index is 0.0853. The second kappa shape index (κ2) is 35.6. The Morgan fingerprint density at radius 2 is 1.12 bits per heavy atom. The summed E-state index contributed by atoms with van der Waals surface area (Å²) >= 11 is 0. The lowest BCUT2D eigenvalue weighted by Crippen LogP contribution is -2.49. The SMILES string of the molecule is CCc1cc(C2=CCN(CC)CC2)cn2c(=O)cc(-c3ccc(OC)c(OC)c3)nc12.COc1ccc(-c2cc(=O)n3cc(N4CCC(N5CCOCC5)CC4)cc(C)c3n2)cc1OC.Cc1cn2nc(-c3cc(=O)n4cc(N5CCNCC5)ccc4n3)cc2cn1.Cc1nc2ccc(-c3cc(=O)n4cc(C5=CCNCC5)ncc4n3)cc2o1. The number of likely N-dealkylation sites (N-methyl/N-ethyl adjacent to an activating group) is 1. The summed E-state index contributed by atoms with van der Waals surface area (Å²) in [5, 5.41) is 11.1. The highest BCUT2D eigenvalue weighted by Gasteiger charge is 2.28. The largest absolute Gasteiger partial charge is 0.493 e. The number of oxazole rings is 1. The highest BCUT2D eigenvalue weighted by molar-refractivity contribution is 5.80. The number of methoxy groups -OCH3 is 4. The zero-order chi connectivity index (χ0) is 82.4. The van der Waals surface area contributed by atoms with Crippen molar-refractivity contribution in [3.05, 3.63) is 240 Å². The number of piperazine rings is 1. The Kier molecular flexibility index (Phi) is 23.9. The monoisotopic (exact) mass is 1600 g/mol. The van der Waals surface area contributed by atoms with Crippen molar-refractivity contribution >= 4 is 61.7 Å². The second-order valence-electron chi connectivity index (χ2n) is 30.1.